The van der Waals surface area contributed by atoms with Gasteiger partial charge >= 0.3 is 0 Å². The summed E-state index contributed by atoms with van der Waals surface area (Å²) in [5.41, 5.74) is 2.50. The van der Waals surface area contributed by atoms with Crippen molar-refractivity contribution in [2.75, 3.05) is 11.3 Å². The van der Waals surface area contributed by atoms with E-state index in [0.29, 0.717) is 18.0 Å². The maximum absolute atomic E-state index is 12.5. The molecule has 0 radical (unpaired) electrons. The van der Waals surface area contributed by atoms with Crippen LogP contribution >= 0.6 is 0 Å². The summed E-state index contributed by atoms with van der Waals surface area (Å²) >= 11 is 0. The second-order valence-electron chi connectivity index (χ2n) is 5.60. The van der Waals surface area contributed by atoms with Crippen LogP contribution in [0.3, 0.4) is 0 Å². The van der Waals surface area contributed by atoms with E-state index in [1.807, 2.05) is 32.0 Å². The number of nitrogens with one attached hydrogen (secondary N) is 1. The van der Waals surface area contributed by atoms with E-state index in [-0.39, 0.29) is 4.90 Å². The van der Waals surface area contributed by atoms with Gasteiger partial charge in [0.15, 0.2) is 0 Å². The fourth-order valence-electron chi connectivity index (χ4n) is 2.10. The highest BCUT2D eigenvalue weighted by molar-refractivity contribution is 7.92. The SMILES string of the molecule is CCCCOc1ccc(S(=O)(=O)Nc2cc(C)ccc2C)cc1. The Labute approximate surface area is 138 Å². The Morgan fingerprint density at radius 2 is 1.74 bits per heavy atom. The van der Waals surface area contributed by atoms with Crippen LogP contribution in [0.5, 0.6) is 5.75 Å². The van der Waals surface area contributed by atoms with E-state index in [2.05, 4.69) is 11.6 Å². The molecule has 5 heteroatoms. The minimum absolute atomic E-state index is 0.223. The second-order valence-corrected chi connectivity index (χ2v) is 7.28. The number of anilines is 1. The Balaban J connectivity index is 2.14. The molecule has 124 valence electrons. The van der Waals surface area contributed by atoms with E-state index in [0.717, 1.165) is 24.0 Å². The maximum Gasteiger partial charge on any atom is 0.261 e. The minimum atomic E-state index is -3.60. The van der Waals surface area contributed by atoms with Crippen molar-refractivity contribution in [1.82, 2.24) is 0 Å². The number of hydrogen-bond acceptors (Lipinski definition) is 3. The number of benzene rings is 2. The standard InChI is InChI=1S/C18H23NO3S/c1-4-5-12-22-16-8-10-17(11-9-16)23(20,21)19-18-13-14(2)6-7-15(18)3/h6-11,13,19H,4-5,12H2,1-3H3. The van der Waals surface area contributed by atoms with Crippen LogP contribution in [0.15, 0.2) is 47.4 Å². The van der Waals surface area contributed by atoms with Gasteiger partial charge in [0.1, 0.15) is 5.75 Å². The Morgan fingerprint density at radius 1 is 1.04 bits per heavy atom. The second kappa shape index (κ2) is 7.51. The van der Waals surface area contributed by atoms with Gasteiger partial charge in [-0.2, -0.15) is 0 Å². The molecule has 0 fully saturated rings. The van der Waals surface area contributed by atoms with Crippen molar-refractivity contribution in [3.05, 3.63) is 53.6 Å². The van der Waals surface area contributed by atoms with Crippen LogP contribution in [0.1, 0.15) is 30.9 Å². The highest BCUT2D eigenvalue weighted by Crippen LogP contribution is 2.22. The molecule has 0 unspecified atom stereocenters. The summed E-state index contributed by atoms with van der Waals surface area (Å²) in [6.45, 7) is 6.54. The van der Waals surface area contributed by atoms with Crippen LogP contribution in [0.2, 0.25) is 0 Å². The summed E-state index contributed by atoms with van der Waals surface area (Å²) in [6.07, 6.45) is 2.04. The molecule has 0 atom stereocenters. The third-order valence-electron chi connectivity index (χ3n) is 3.54. The number of sulfonamides is 1. The van der Waals surface area contributed by atoms with E-state index in [9.17, 15) is 8.42 Å². The van der Waals surface area contributed by atoms with Crippen LogP contribution in [-0.4, -0.2) is 15.0 Å². The minimum Gasteiger partial charge on any atom is -0.494 e. The van der Waals surface area contributed by atoms with Gasteiger partial charge in [-0.15, -0.1) is 0 Å². The number of aryl methyl sites for hydroxylation is 2. The molecular weight excluding hydrogens is 310 g/mol. The Morgan fingerprint density at radius 3 is 2.39 bits per heavy atom. The smallest absolute Gasteiger partial charge is 0.261 e. The topological polar surface area (TPSA) is 55.4 Å². The van der Waals surface area contributed by atoms with Crippen LogP contribution < -0.4 is 9.46 Å². The van der Waals surface area contributed by atoms with Crippen molar-refractivity contribution in [3.63, 3.8) is 0 Å². The molecule has 0 aliphatic carbocycles. The number of hydrogen-bond donors (Lipinski definition) is 1. The van der Waals surface area contributed by atoms with Crippen LogP contribution in [0.4, 0.5) is 5.69 Å². The monoisotopic (exact) mass is 333 g/mol. The van der Waals surface area contributed by atoms with E-state index in [4.69, 9.17) is 4.74 Å². The van der Waals surface area contributed by atoms with Gasteiger partial charge in [-0.05, 0) is 61.7 Å². The van der Waals surface area contributed by atoms with Gasteiger partial charge in [0.05, 0.1) is 17.2 Å². The Kier molecular flexibility index (Phi) is 5.66. The van der Waals surface area contributed by atoms with Gasteiger partial charge in [0, 0.05) is 0 Å². The molecule has 2 aromatic rings. The predicted molar refractivity (Wildman–Crippen MR) is 93.6 cm³/mol. The van der Waals surface area contributed by atoms with Crippen LogP contribution in [-0.2, 0) is 10.0 Å². The summed E-state index contributed by atoms with van der Waals surface area (Å²) < 4.78 is 33.2. The largest absolute Gasteiger partial charge is 0.494 e. The lowest BCUT2D eigenvalue weighted by atomic mass is 10.1. The van der Waals surface area contributed by atoms with E-state index in [1.165, 1.54) is 0 Å². The number of ether oxygens (including phenoxy) is 1. The fourth-order valence-corrected chi connectivity index (χ4v) is 3.22. The van der Waals surface area contributed by atoms with E-state index >= 15 is 0 Å². The van der Waals surface area contributed by atoms with Crippen molar-refractivity contribution in [3.8, 4) is 5.75 Å². The lowest BCUT2D eigenvalue weighted by Crippen LogP contribution is -2.13. The quantitative estimate of drug-likeness (QED) is 0.769. The molecule has 0 aromatic heterocycles. The molecule has 0 aliphatic heterocycles. The van der Waals surface area contributed by atoms with Gasteiger partial charge < -0.3 is 4.74 Å². The summed E-state index contributed by atoms with van der Waals surface area (Å²) in [5.74, 6) is 0.684. The van der Waals surface area contributed by atoms with E-state index < -0.39 is 10.0 Å². The normalized spacial score (nSPS) is 11.3. The molecule has 0 bridgehead atoms. The molecule has 0 heterocycles. The van der Waals surface area contributed by atoms with Gasteiger partial charge in [-0.25, -0.2) is 8.42 Å². The Bertz CT molecular complexity index is 752. The third-order valence-corrected chi connectivity index (χ3v) is 4.92. The van der Waals surface area contributed by atoms with Crippen molar-refractivity contribution < 1.29 is 13.2 Å². The molecule has 0 saturated heterocycles. The average Bonchev–Trinajstić information content (AvgIpc) is 2.51. The first-order chi connectivity index (χ1) is 10.9. The molecule has 2 aromatic carbocycles. The summed E-state index contributed by atoms with van der Waals surface area (Å²) in [7, 11) is -3.60. The average molecular weight is 333 g/mol. The highest BCUT2D eigenvalue weighted by atomic mass is 32.2. The van der Waals surface area contributed by atoms with Crippen molar-refractivity contribution in [2.24, 2.45) is 0 Å². The Hall–Kier alpha value is -2.01. The van der Waals surface area contributed by atoms with E-state index in [1.54, 1.807) is 24.3 Å². The molecule has 4 nitrogen and oxygen atoms in total. The van der Waals surface area contributed by atoms with Gasteiger partial charge in [0.2, 0.25) is 0 Å². The number of rotatable bonds is 7. The first-order valence-electron chi connectivity index (χ1n) is 7.75. The summed E-state index contributed by atoms with van der Waals surface area (Å²) in [4.78, 5) is 0.223. The molecule has 23 heavy (non-hydrogen) atoms. The van der Waals surface area contributed by atoms with Crippen LogP contribution in [0.25, 0.3) is 0 Å². The van der Waals surface area contributed by atoms with Crippen molar-refractivity contribution in [1.29, 1.82) is 0 Å². The van der Waals surface area contributed by atoms with Gasteiger partial charge in [-0.1, -0.05) is 25.5 Å². The predicted octanol–water partition coefficient (Wildman–Crippen LogP) is 4.28. The zero-order valence-corrected chi connectivity index (χ0v) is 14.6. The molecule has 0 spiro atoms. The molecule has 0 amide bonds. The molecular formula is C18H23NO3S. The lowest BCUT2D eigenvalue weighted by molar-refractivity contribution is 0.309. The third kappa shape index (κ3) is 4.73. The highest BCUT2D eigenvalue weighted by Gasteiger charge is 2.15. The zero-order chi connectivity index (χ0) is 16.9. The number of unbranched alkanes of at least 4 members (excludes halogenated alkanes) is 1. The molecule has 2 rings (SSSR count). The summed E-state index contributed by atoms with van der Waals surface area (Å²) in [6, 6.07) is 12.2. The van der Waals surface area contributed by atoms with Gasteiger partial charge in [-0.3, -0.25) is 4.72 Å². The fraction of sp³-hybridized carbons (Fsp3) is 0.333. The lowest BCUT2D eigenvalue weighted by Gasteiger charge is -2.12. The first-order valence-corrected chi connectivity index (χ1v) is 9.23. The molecule has 0 saturated carbocycles. The van der Waals surface area contributed by atoms with Gasteiger partial charge in [0.25, 0.3) is 10.0 Å². The van der Waals surface area contributed by atoms with Crippen molar-refractivity contribution >= 4 is 15.7 Å². The maximum atomic E-state index is 12.5. The molecule has 0 aliphatic rings. The molecule has 1 N–H and O–H groups in total. The van der Waals surface area contributed by atoms with Crippen LogP contribution in [0, 0.1) is 13.8 Å². The summed E-state index contributed by atoms with van der Waals surface area (Å²) in [5, 5.41) is 0. The van der Waals surface area contributed by atoms with Crippen molar-refractivity contribution in [2.45, 2.75) is 38.5 Å². The first kappa shape index (κ1) is 17.3. The zero-order valence-electron chi connectivity index (χ0n) is 13.8.